The summed E-state index contributed by atoms with van der Waals surface area (Å²) < 4.78 is 27.1. The molecule has 0 fully saturated rings. The Kier molecular flexibility index (Phi) is 6.50. The number of rotatable bonds is 6. The van der Waals surface area contributed by atoms with Crippen LogP contribution in [0.2, 0.25) is 5.02 Å². The number of hydrogen-bond donors (Lipinski definition) is 2. The minimum absolute atomic E-state index is 0.00584. The molecule has 0 aliphatic carbocycles. The summed E-state index contributed by atoms with van der Waals surface area (Å²) in [7, 11) is 0. The maximum Gasteiger partial charge on any atom is 0.326 e. The number of halogens is 4. The summed E-state index contributed by atoms with van der Waals surface area (Å²) >= 11 is 9.19. The summed E-state index contributed by atoms with van der Waals surface area (Å²) in [5.74, 6) is -3.54. The fraction of sp³-hybridized carbons (Fsp3) is 0.176. The van der Waals surface area contributed by atoms with Crippen molar-refractivity contribution in [2.75, 3.05) is 0 Å². The van der Waals surface area contributed by atoms with E-state index in [4.69, 9.17) is 11.6 Å². The number of carboxylic acids is 1. The predicted molar refractivity (Wildman–Crippen MR) is 92.5 cm³/mol. The molecule has 0 aromatic heterocycles. The van der Waals surface area contributed by atoms with Crippen LogP contribution in [0, 0.1) is 11.6 Å². The quantitative estimate of drug-likeness (QED) is 0.731. The van der Waals surface area contributed by atoms with E-state index in [1.807, 2.05) is 0 Å². The normalized spacial score (nSPS) is 11.8. The van der Waals surface area contributed by atoms with E-state index >= 15 is 0 Å². The third kappa shape index (κ3) is 5.51. The highest BCUT2D eigenvalue weighted by atomic mass is 79.9. The topological polar surface area (TPSA) is 66.4 Å². The zero-order valence-electron chi connectivity index (χ0n) is 12.7. The van der Waals surface area contributed by atoms with Crippen molar-refractivity contribution in [1.29, 1.82) is 0 Å². The number of carboxylic acid groups (broad SMARTS) is 1. The first-order valence-electron chi connectivity index (χ1n) is 7.16. The summed E-state index contributed by atoms with van der Waals surface area (Å²) in [6.45, 7) is 0. The summed E-state index contributed by atoms with van der Waals surface area (Å²) in [6, 6.07) is 6.53. The molecule has 8 heteroatoms. The first-order chi connectivity index (χ1) is 11.8. The van der Waals surface area contributed by atoms with Gasteiger partial charge in [0.25, 0.3) is 0 Å². The summed E-state index contributed by atoms with van der Waals surface area (Å²) in [5, 5.41) is 12.1. The number of nitrogens with one attached hydrogen (secondary N) is 1. The van der Waals surface area contributed by atoms with Crippen LogP contribution in [-0.4, -0.2) is 23.0 Å². The second kappa shape index (κ2) is 8.40. The third-order valence-corrected chi connectivity index (χ3v) is 4.44. The van der Waals surface area contributed by atoms with E-state index in [0.717, 1.165) is 12.1 Å². The zero-order valence-corrected chi connectivity index (χ0v) is 15.1. The third-order valence-electron chi connectivity index (χ3n) is 3.43. The van der Waals surface area contributed by atoms with Gasteiger partial charge in [-0.05, 0) is 35.4 Å². The molecule has 132 valence electrons. The number of benzene rings is 2. The molecule has 2 N–H and O–H groups in total. The largest absolute Gasteiger partial charge is 0.480 e. The zero-order chi connectivity index (χ0) is 18.6. The molecule has 0 aliphatic heterocycles. The van der Waals surface area contributed by atoms with E-state index in [0.29, 0.717) is 21.1 Å². The fourth-order valence-corrected chi connectivity index (χ4v) is 2.81. The van der Waals surface area contributed by atoms with Gasteiger partial charge in [-0.25, -0.2) is 13.6 Å². The lowest BCUT2D eigenvalue weighted by Gasteiger charge is -2.16. The molecule has 0 aliphatic rings. The second-order valence-corrected chi connectivity index (χ2v) is 6.60. The molecule has 2 aromatic carbocycles. The molecule has 25 heavy (non-hydrogen) atoms. The smallest absolute Gasteiger partial charge is 0.326 e. The highest BCUT2D eigenvalue weighted by molar-refractivity contribution is 9.10. The van der Waals surface area contributed by atoms with E-state index in [9.17, 15) is 23.5 Å². The van der Waals surface area contributed by atoms with Gasteiger partial charge >= 0.3 is 5.97 Å². The van der Waals surface area contributed by atoms with Crippen molar-refractivity contribution < 1.29 is 23.5 Å². The molecule has 1 amide bonds. The van der Waals surface area contributed by atoms with E-state index in [2.05, 4.69) is 21.2 Å². The van der Waals surface area contributed by atoms with Gasteiger partial charge in [0, 0.05) is 22.0 Å². The highest BCUT2D eigenvalue weighted by Crippen LogP contribution is 2.22. The summed E-state index contributed by atoms with van der Waals surface area (Å²) in [4.78, 5) is 23.4. The molecule has 0 unspecified atom stereocenters. The van der Waals surface area contributed by atoms with Crippen molar-refractivity contribution >= 4 is 39.4 Å². The Morgan fingerprint density at radius 1 is 1.16 bits per heavy atom. The first-order valence-corrected chi connectivity index (χ1v) is 8.33. The minimum atomic E-state index is -1.24. The van der Waals surface area contributed by atoms with Crippen molar-refractivity contribution in [3.8, 4) is 0 Å². The van der Waals surface area contributed by atoms with Gasteiger partial charge in [0.15, 0.2) is 0 Å². The molecule has 0 bridgehead atoms. The summed E-state index contributed by atoms with van der Waals surface area (Å²) in [5.41, 5.74) is 0.583. The van der Waals surface area contributed by atoms with Gasteiger partial charge in [-0.2, -0.15) is 0 Å². The van der Waals surface area contributed by atoms with Crippen LogP contribution in [0.4, 0.5) is 8.78 Å². The Labute approximate surface area is 155 Å². The molecule has 0 radical (unpaired) electrons. The van der Waals surface area contributed by atoms with Crippen LogP contribution < -0.4 is 5.32 Å². The number of carbonyl (C=O) groups excluding carboxylic acids is 1. The lowest BCUT2D eigenvalue weighted by Crippen LogP contribution is -2.43. The standard InChI is InChI=1S/C17H13BrClF2NO3/c18-13-4-2-11(19)5-10(13)6-15(17(24)25)22-16(23)7-9-1-3-12(20)8-14(9)21/h1-5,8,15H,6-7H2,(H,22,23)(H,24,25)/t15-/m1/s1. The monoisotopic (exact) mass is 431 g/mol. The van der Waals surface area contributed by atoms with Crippen molar-refractivity contribution in [3.05, 3.63) is 68.7 Å². The van der Waals surface area contributed by atoms with E-state index < -0.39 is 36.0 Å². The van der Waals surface area contributed by atoms with Crippen LogP contribution in [-0.2, 0) is 22.4 Å². The fourth-order valence-electron chi connectivity index (χ4n) is 2.20. The van der Waals surface area contributed by atoms with Crippen LogP contribution >= 0.6 is 27.5 Å². The average molecular weight is 433 g/mol. The van der Waals surface area contributed by atoms with E-state index in [-0.39, 0.29) is 12.0 Å². The van der Waals surface area contributed by atoms with Crippen LogP contribution in [0.25, 0.3) is 0 Å². The molecule has 2 aromatic rings. The van der Waals surface area contributed by atoms with Gasteiger partial charge in [-0.1, -0.05) is 33.6 Å². The van der Waals surface area contributed by atoms with Crippen molar-refractivity contribution in [2.45, 2.75) is 18.9 Å². The lowest BCUT2D eigenvalue weighted by molar-refractivity contribution is -0.141. The Morgan fingerprint density at radius 3 is 2.52 bits per heavy atom. The molecule has 1 atom stereocenters. The molecule has 0 saturated heterocycles. The van der Waals surface area contributed by atoms with Gasteiger partial charge < -0.3 is 10.4 Å². The molecule has 4 nitrogen and oxygen atoms in total. The van der Waals surface area contributed by atoms with Crippen LogP contribution in [0.3, 0.4) is 0 Å². The van der Waals surface area contributed by atoms with E-state index in [1.165, 1.54) is 0 Å². The summed E-state index contributed by atoms with van der Waals surface area (Å²) in [6.07, 6.45) is -0.402. The molecule has 0 saturated carbocycles. The Morgan fingerprint density at radius 2 is 1.88 bits per heavy atom. The molecule has 0 heterocycles. The Hall–Kier alpha value is -1.99. The van der Waals surface area contributed by atoms with Crippen LogP contribution in [0.5, 0.6) is 0 Å². The average Bonchev–Trinajstić information content (AvgIpc) is 2.52. The van der Waals surface area contributed by atoms with Crippen molar-refractivity contribution in [1.82, 2.24) is 5.32 Å². The lowest BCUT2D eigenvalue weighted by atomic mass is 10.1. The maximum atomic E-state index is 13.6. The predicted octanol–water partition coefficient (Wildman–Crippen LogP) is 3.74. The molecule has 2 rings (SSSR count). The number of aliphatic carboxylic acids is 1. The van der Waals surface area contributed by atoms with Crippen LogP contribution in [0.15, 0.2) is 40.9 Å². The van der Waals surface area contributed by atoms with Gasteiger partial charge in [-0.3, -0.25) is 4.79 Å². The Bertz CT molecular complexity index is 816. The minimum Gasteiger partial charge on any atom is -0.480 e. The maximum absolute atomic E-state index is 13.6. The van der Waals surface area contributed by atoms with Gasteiger partial charge in [0.05, 0.1) is 6.42 Å². The van der Waals surface area contributed by atoms with Crippen molar-refractivity contribution in [3.63, 3.8) is 0 Å². The van der Waals surface area contributed by atoms with Gasteiger partial charge in [0.2, 0.25) is 5.91 Å². The van der Waals surface area contributed by atoms with Crippen LogP contribution in [0.1, 0.15) is 11.1 Å². The molecular weight excluding hydrogens is 420 g/mol. The SMILES string of the molecule is O=C(Cc1ccc(F)cc1F)N[C@H](Cc1cc(Cl)ccc1Br)C(=O)O. The van der Waals surface area contributed by atoms with Gasteiger partial charge in [0.1, 0.15) is 17.7 Å². The first kappa shape index (κ1) is 19.3. The van der Waals surface area contributed by atoms with Gasteiger partial charge in [-0.15, -0.1) is 0 Å². The van der Waals surface area contributed by atoms with Crippen molar-refractivity contribution in [2.24, 2.45) is 0 Å². The highest BCUT2D eigenvalue weighted by Gasteiger charge is 2.22. The second-order valence-electron chi connectivity index (χ2n) is 5.31. The number of hydrogen-bond acceptors (Lipinski definition) is 2. The number of amides is 1. The number of carbonyl (C=O) groups is 2. The molecule has 0 spiro atoms. The Balaban J connectivity index is 2.09. The van der Waals surface area contributed by atoms with E-state index in [1.54, 1.807) is 18.2 Å². The molecular formula is C17H13BrClF2NO3.